The molecule has 0 bridgehead atoms. The zero-order valence-electron chi connectivity index (χ0n) is 9.81. The summed E-state index contributed by atoms with van der Waals surface area (Å²) in [6.45, 7) is 1.40. The van der Waals surface area contributed by atoms with Crippen molar-refractivity contribution in [3.8, 4) is 22.8 Å². The van der Waals surface area contributed by atoms with E-state index in [2.05, 4.69) is 4.98 Å². The fourth-order valence-corrected chi connectivity index (χ4v) is 2.14. The first-order valence-electron chi connectivity index (χ1n) is 5.92. The largest absolute Gasteiger partial charge is 0.490 e. The zero-order valence-corrected chi connectivity index (χ0v) is 10.6. The lowest BCUT2D eigenvalue weighted by molar-refractivity contribution is 0.297. The quantitative estimate of drug-likeness (QED) is 0.795. The molecule has 2 aromatic rings. The van der Waals surface area contributed by atoms with Gasteiger partial charge in [-0.25, -0.2) is 0 Å². The van der Waals surface area contributed by atoms with Gasteiger partial charge >= 0.3 is 0 Å². The van der Waals surface area contributed by atoms with Crippen molar-refractivity contribution in [2.45, 2.75) is 6.42 Å². The van der Waals surface area contributed by atoms with Gasteiger partial charge in [0.25, 0.3) is 0 Å². The number of nitrogens with one attached hydrogen (secondary N) is 1. The molecule has 18 heavy (non-hydrogen) atoms. The molecule has 92 valence electrons. The maximum absolute atomic E-state index is 5.68. The Morgan fingerprint density at radius 1 is 1.00 bits per heavy atom. The number of rotatable bonds is 1. The van der Waals surface area contributed by atoms with Gasteiger partial charge in [-0.05, 0) is 30.3 Å². The highest BCUT2D eigenvalue weighted by molar-refractivity contribution is 7.71. The molecule has 0 aliphatic carbocycles. The Kier molecular flexibility index (Phi) is 3.02. The zero-order chi connectivity index (χ0) is 12.4. The van der Waals surface area contributed by atoms with E-state index in [1.54, 1.807) is 0 Å². The summed E-state index contributed by atoms with van der Waals surface area (Å²) in [7, 11) is 0. The van der Waals surface area contributed by atoms with E-state index in [0.717, 1.165) is 33.8 Å². The molecule has 1 aromatic heterocycles. The van der Waals surface area contributed by atoms with E-state index in [1.807, 2.05) is 36.4 Å². The number of pyridine rings is 1. The van der Waals surface area contributed by atoms with Crippen LogP contribution in [0, 0.1) is 4.64 Å². The van der Waals surface area contributed by atoms with Crippen molar-refractivity contribution in [2.75, 3.05) is 13.2 Å². The van der Waals surface area contributed by atoms with E-state index in [1.165, 1.54) is 0 Å². The van der Waals surface area contributed by atoms with Crippen LogP contribution in [-0.2, 0) is 0 Å². The predicted octanol–water partition coefficient (Wildman–Crippen LogP) is 3.57. The Morgan fingerprint density at radius 3 is 2.67 bits per heavy atom. The van der Waals surface area contributed by atoms with E-state index < -0.39 is 0 Å². The van der Waals surface area contributed by atoms with Crippen molar-refractivity contribution >= 4 is 12.2 Å². The van der Waals surface area contributed by atoms with E-state index >= 15 is 0 Å². The van der Waals surface area contributed by atoms with Gasteiger partial charge in [0.1, 0.15) is 4.64 Å². The van der Waals surface area contributed by atoms with Crippen LogP contribution in [0.3, 0.4) is 0 Å². The van der Waals surface area contributed by atoms with Crippen LogP contribution >= 0.6 is 12.2 Å². The van der Waals surface area contributed by atoms with Gasteiger partial charge < -0.3 is 14.5 Å². The average Bonchev–Trinajstić information content (AvgIpc) is 2.63. The number of benzene rings is 1. The molecular formula is C14H13NO2S. The summed E-state index contributed by atoms with van der Waals surface area (Å²) >= 11 is 5.13. The van der Waals surface area contributed by atoms with Crippen LogP contribution in [0.2, 0.25) is 0 Å². The van der Waals surface area contributed by atoms with Crippen LogP contribution in [0.5, 0.6) is 11.5 Å². The number of aromatic nitrogens is 1. The molecule has 0 spiro atoms. The van der Waals surface area contributed by atoms with Gasteiger partial charge in [-0.1, -0.05) is 18.3 Å². The number of ether oxygens (including phenoxy) is 2. The second kappa shape index (κ2) is 4.82. The minimum atomic E-state index is 0.696. The summed E-state index contributed by atoms with van der Waals surface area (Å²) in [4.78, 5) is 3.16. The highest BCUT2D eigenvalue weighted by Crippen LogP contribution is 2.33. The molecule has 0 saturated heterocycles. The maximum atomic E-state index is 5.68. The molecule has 1 aliphatic rings. The summed E-state index contributed by atoms with van der Waals surface area (Å²) in [5.41, 5.74) is 2.03. The van der Waals surface area contributed by atoms with Crippen molar-refractivity contribution in [2.24, 2.45) is 0 Å². The lowest BCUT2D eigenvalue weighted by atomic mass is 10.1. The fraction of sp³-hybridized carbons (Fsp3) is 0.214. The van der Waals surface area contributed by atoms with Gasteiger partial charge in [0.05, 0.1) is 13.2 Å². The molecule has 0 saturated carbocycles. The molecular weight excluding hydrogens is 246 g/mol. The Balaban J connectivity index is 2.04. The van der Waals surface area contributed by atoms with Crippen LogP contribution in [0.15, 0.2) is 36.4 Å². The first-order valence-corrected chi connectivity index (χ1v) is 6.33. The second-order valence-electron chi connectivity index (χ2n) is 4.14. The molecule has 3 nitrogen and oxygen atoms in total. The average molecular weight is 259 g/mol. The molecule has 4 heteroatoms. The Hall–Kier alpha value is -1.81. The van der Waals surface area contributed by atoms with Crippen molar-refractivity contribution in [1.82, 2.24) is 4.98 Å². The number of H-pyrrole nitrogens is 1. The molecule has 1 aromatic carbocycles. The van der Waals surface area contributed by atoms with Gasteiger partial charge in [0.15, 0.2) is 11.5 Å². The third-order valence-electron chi connectivity index (χ3n) is 2.83. The van der Waals surface area contributed by atoms with E-state index in [4.69, 9.17) is 21.7 Å². The smallest absolute Gasteiger partial charge is 0.161 e. The number of hydrogen-bond acceptors (Lipinski definition) is 3. The van der Waals surface area contributed by atoms with E-state index in [-0.39, 0.29) is 0 Å². The molecule has 0 unspecified atom stereocenters. The van der Waals surface area contributed by atoms with Crippen LogP contribution in [0.4, 0.5) is 0 Å². The SMILES string of the molecule is S=c1cccc(-c2ccc3c(c2)OCCCO3)[nH]1. The third-order valence-corrected chi connectivity index (χ3v) is 3.07. The van der Waals surface area contributed by atoms with Crippen molar-refractivity contribution in [3.63, 3.8) is 0 Å². The standard InChI is InChI=1S/C14H13NO2S/c18-14-4-1-3-11(15-14)10-5-6-12-13(9-10)17-8-2-7-16-12/h1,3-6,9H,2,7-8H2,(H,15,18). The number of aromatic amines is 1. The van der Waals surface area contributed by atoms with Gasteiger partial charge in [0.2, 0.25) is 0 Å². The fourth-order valence-electron chi connectivity index (χ4n) is 1.95. The molecule has 0 fully saturated rings. The minimum Gasteiger partial charge on any atom is -0.490 e. The summed E-state index contributed by atoms with van der Waals surface area (Å²) in [6.07, 6.45) is 0.914. The first kappa shape index (κ1) is 11.3. The van der Waals surface area contributed by atoms with Gasteiger partial charge in [-0.3, -0.25) is 0 Å². The van der Waals surface area contributed by atoms with Crippen LogP contribution in [-0.4, -0.2) is 18.2 Å². The normalized spacial score (nSPS) is 14.0. The highest BCUT2D eigenvalue weighted by Gasteiger charge is 2.11. The Morgan fingerprint density at radius 2 is 1.83 bits per heavy atom. The van der Waals surface area contributed by atoms with Crippen molar-refractivity contribution in [3.05, 3.63) is 41.0 Å². The molecule has 0 atom stereocenters. The monoisotopic (exact) mass is 259 g/mol. The summed E-state index contributed by atoms with van der Waals surface area (Å²) in [5.74, 6) is 1.61. The van der Waals surface area contributed by atoms with E-state index in [9.17, 15) is 0 Å². The predicted molar refractivity (Wildman–Crippen MR) is 72.7 cm³/mol. The molecule has 1 aliphatic heterocycles. The highest BCUT2D eigenvalue weighted by atomic mass is 32.1. The lowest BCUT2D eigenvalue weighted by Gasteiger charge is -2.09. The molecule has 2 heterocycles. The van der Waals surface area contributed by atoms with Crippen LogP contribution < -0.4 is 9.47 Å². The minimum absolute atomic E-state index is 0.696. The van der Waals surface area contributed by atoms with Crippen molar-refractivity contribution in [1.29, 1.82) is 0 Å². The van der Waals surface area contributed by atoms with Crippen molar-refractivity contribution < 1.29 is 9.47 Å². The number of hydrogen-bond donors (Lipinski definition) is 1. The van der Waals surface area contributed by atoms with Crippen LogP contribution in [0.1, 0.15) is 6.42 Å². The maximum Gasteiger partial charge on any atom is 0.161 e. The molecule has 0 radical (unpaired) electrons. The van der Waals surface area contributed by atoms with Gasteiger partial charge in [0, 0.05) is 17.7 Å². The Bertz CT molecular complexity index is 621. The van der Waals surface area contributed by atoms with Crippen LogP contribution in [0.25, 0.3) is 11.3 Å². The second-order valence-corrected chi connectivity index (χ2v) is 4.58. The van der Waals surface area contributed by atoms with E-state index in [0.29, 0.717) is 13.2 Å². The van der Waals surface area contributed by atoms with Gasteiger partial charge in [-0.2, -0.15) is 0 Å². The summed E-state index contributed by atoms with van der Waals surface area (Å²) < 4.78 is 12.0. The third kappa shape index (κ3) is 2.24. The Labute approximate surface area is 110 Å². The molecule has 3 rings (SSSR count). The number of fused-ring (bicyclic) bond motifs is 1. The van der Waals surface area contributed by atoms with Gasteiger partial charge in [-0.15, -0.1) is 0 Å². The molecule has 0 amide bonds. The summed E-state index contributed by atoms with van der Waals surface area (Å²) in [5, 5.41) is 0. The molecule has 1 N–H and O–H groups in total. The lowest BCUT2D eigenvalue weighted by Crippen LogP contribution is -1.97. The summed E-state index contributed by atoms with van der Waals surface area (Å²) in [6, 6.07) is 11.7. The topological polar surface area (TPSA) is 34.2 Å². The first-order chi connectivity index (χ1) is 8.83.